The SMILES string of the molecule is [2H][C@H]1C[N@+]1([B-])CC[Si](C)(C)C(C)(C)C. The molecule has 3 radical (unpaired) electrons. The summed E-state index contributed by atoms with van der Waals surface area (Å²) < 4.78 is 8.08. The number of hydrogen-bond acceptors (Lipinski definition) is 0. The highest BCUT2D eigenvalue weighted by molar-refractivity contribution is 6.80. The first-order chi connectivity index (χ1) is 6.08. The Morgan fingerprint density at radius 2 is 1.92 bits per heavy atom. The molecule has 75 valence electrons. The maximum absolute atomic E-state index is 7.57. The molecule has 0 unspecified atom stereocenters. The molecule has 13 heavy (non-hydrogen) atoms. The van der Waals surface area contributed by atoms with E-state index in [4.69, 9.17) is 9.35 Å². The molecule has 1 nitrogen and oxygen atoms in total. The van der Waals surface area contributed by atoms with E-state index in [2.05, 4.69) is 33.9 Å². The molecule has 0 aliphatic carbocycles. The van der Waals surface area contributed by atoms with E-state index < -0.39 is 8.07 Å². The number of hydrogen-bond donors (Lipinski definition) is 0. The Bertz CT molecular complexity index is 227. The van der Waals surface area contributed by atoms with Crippen molar-refractivity contribution in [3.05, 3.63) is 0 Å². The van der Waals surface area contributed by atoms with Crippen molar-refractivity contribution in [3.8, 4) is 0 Å². The van der Waals surface area contributed by atoms with Gasteiger partial charge in [0.05, 0.1) is 22.5 Å². The van der Waals surface area contributed by atoms with Crippen LogP contribution < -0.4 is 0 Å². The Balaban J connectivity index is 2.45. The molecule has 0 bridgehead atoms. The summed E-state index contributed by atoms with van der Waals surface area (Å²) in [6, 6.07) is 1.24. The topological polar surface area (TPSA) is 0 Å². The minimum atomic E-state index is -1.18. The van der Waals surface area contributed by atoms with Crippen molar-refractivity contribution in [2.45, 2.75) is 44.9 Å². The molecule has 1 aliphatic heterocycles. The normalized spacial score (nSPS) is 35.8. The number of quaternary nitrogens is 1. The molecule has 1 saturated heterocycles. The molecule has 0 N–H and O–H groups in total. The van der Waals surface area contributed by atoms with Crippen LogP contribution in [-0.2, 0) is 0 Å². The van der Waals surface area contributed by atoms with Gasteiger partial charge in [0.1, 0.15) is 0 Å². The fourth-order valence-corrected chi connectivity index (χ4v) is 2.88. The summed E-state index contributed by atoms with van der Waals surface area (Å²) >= 11 is 0. The van der Waals surface area contributed by atoms with Crippen LogP contribution in [0, 0.1) is 0 Å². The lowest BCUT2D eigenvalue weighted by Gasteiger charge is -2.40. The van der Waals surface area contributed by atoms with E-state index in [9.17, 15) is 0 Å². The van der Waals surface area contributed by atoms with Crippen LogP contribution in [-0.4, -0.2) is 40.1 Å². The van der Waals surface area contributed by atoms with Crippen LogP contribution in [0.4, 0.5) is 0 Å². The van der Waals surface area contributed by atoms with Gasteiger partial charge in [-0.3, -0.25) is 0 Å². The van der Waals surface area contributed by atoms with Gasteiger partial charge in [-0.05, 0) is 11.1 Å². The first kappa shape index (κ1) is 9.78. The Morgan fingerprint density at radius 1 is 1.46 bits per heavy atom. The number of nitrogens with zero attached hydrogens (tertiary/aromatic N) is 1. The van der Waals surface area contributed by atoms with Gasteiger partial charge in [-0.1, -0.05) is 33.9 Å². The lowest BCUT2D eigenvalue weighted by molar-refractivity contribution is -0.669. The monoisotopic (exact) mass is 197 g/mol. The highest BCUT2D eigenvalue weighted by Gasteiger charge is 2.37. The molecule has 0 aromatic heterocycles. The molecule has 0 aromatic carbocycles. The zero-order valence-corrected chi connectivity index (χ0v) is 10.7. The van der Waals surface area contributed by atoms with Crippen LogP contribution >= 0.6 is 0 Å². The molecule has 1 heterocycles. The minimum absolute atomic E-state index is 0.0419. The fourth-order valence-electron chi connectivity index (χ4n) is 1.15. The third-order valence-corrected chi connectivity index (χ3v) is 9.37. The largest absolute Gasteiger partial charge is 0.579 e. The average molecular weight is 197 g/mol. The van der Waals surface area contributed by atoms with Crippen molar-refractivity contribution >= 4 is 16.1 Å². The quantitative estimate of drug-likeness (QED) is 0.481. The van der Waals surface area contributed by atoms with Gasteiger partial charge in [0.25, 0.3) is 0 Å². The van der Waals surface area contributed by atoms with Crippen molar-refractivity contribution < 1.29 is 5.76 Å². The second-order valence-corrected chi connectivity index (χ2v) is 11.8. The van der Waals surface area contributed by atoms with Gasteiger partial charge >= 0.3 is 0 Å². The maximum atomic E-state index is 7.57. The maximum Gasteiger partial charge on any atom is 0.0938 e. The van der Waals surface area contributed by atoms with Crippen molar-refractivity contribution in [1.82, 2.24) is 0 Å². The van der Waals surface area contributed by atoms with E-state index in [1.807, 2.05) is 0 Å². The Kier molecular flexibility index (Phi) is 2.35. The van der Waals surface area contributed by atoms with Crippen LogP contribution in [0.15, 0.2) is 0 Å². The van der Waals surface area contributed by atoms with E-state index in [0.29, 0.717) is 9.43 Å². The molecular formula is C10H23BNSi. The van der Waals surface area contributed by atoms with Crippen LogP contribution in [0.25, 0.3) is 0 Å². The fraction of sp³-hybridized carbons (Fsp3) is 1.00. The van der Waals surface area contributed by atoms with E-state index in [1.165, 1.54) is 6.04 Å². The van der Waals surface area contributed by atoms with Crippen LogP contribution in [0.5, 0.6) is 0 Å². The van der Waals surface area contributed by atoms with E-state index in [0.717, 1.165) is 13.1 Å². The third kappa shape index (κ3) is 2.85. The molecular weight excluding hydrogens is 173 g/mol. The second kappa shape index (κ2) is 3.13. The lowest BCUT2D eigenvalue weighted by atomic mass is 10.2. The molecule has 1 aliphatic rings. The summed E-state index contributed by atoms with van der Waals surface area (Å²) in [6.07, 6.45) is 0. The summed E-state index contributed by atoms with van der Waals surface area (Å²) in [4.78, 5) is 0. The van der Waals surface area contributed by atoms with Crippen molar-refractivity contribution in [2.24, 2.45) is 0 Å². The first-order valence-corrected chi connectivity index (χ1v) is 8.37. The predicted molar refractivity (Wildman–Crippen MR) is 62.6 cm³/mol. The first-order valence-electron chi connectivity index (χ1n) is 5.74. The molecule has 2 atom stereocenters. The van der Waals surface area contributed by atoms with E-state index >= 15 is 0 Å². The summed E-state index contributed by atoms with van der Waals surface area (Å²) in [5, 5.41) is 0.444. The Labute approximate surface area is 86.9 Å². The molecule has 0 amide bonds. The molecule has 0 spiro atoms. The average Bonchev–Trinajstić information content (AvgIpc) is 2.55. The molecule has 1 fully saturated rings. The minimum Gasteiger partial charge on any atom is -0.579 e. The molecule has 0 saturated carbocycles. The van der Waals surface area contributed by atoms with Gasteiger partial charge in [0.2, 0.25) is 0 Å². The third-order valence-electron chi connectivity index (χ3n) is 3.84. The highest BCUT2D eigenvalue weighted by atomic mass is 28.3. The molecule has 3 heteroatoms. The van der Waals surface area contributed by atoms with Crippen LogP contribution in [0.3, 0.4) is 0 Å². The summed E-state index contributed by atoms with van der Waals surface area (Å²) in [7, 11) is 4.83. The van der Waals surface area contributed by atoms with E-state index in [1.54, 1.807) is 0 Å². The molecule has 0 aromatic rings. The lowest BCUT2D eigenvalue weighted by Crippen LogP contribution is -2.41. The van der Waals surface area contributed by atoms with Crippen molar-refractivity contribution in [3.63, 3.8) is 0 Å². The summed E-state index contributed by atoms with van der Waals surface area (Å²) in [5.74, 6) is 0. The van der Waals surface area contributed by atoms with Gasteiger partial charge < -0.3 is 4.39 Å². The van der Waals surface area contributed by atoms with Gasteiger partial charge in [0, 0.05) is 6.54 Å². The van der Waals surface area contributed by atoms with Gasteiger partial charge in [-0.25, -0.2) is 7.98 Å². The summed E-state index contributed by atoms with van der Waals surface area (Å²) in [5.41, 5.74) is 0. The predicted octanol–water partition coefficient (Wildman–Crippen LogP) is 2.41. The number of rotatable bonds is 3. The van der Waals surface area contributed by atoms with Gasteiger partial charge in [0.15, 0.2) is 0 Å². The van der Waals surface area contributed by atoms with Crippen LogP contribution in [0.1, 0.15) is 22.1 Å². The second-order valence-electron chi connectivity index (χ2n) is 6.08. The smallest absolute Gasteiger partial charge is 0.0938 e. The highest BCUT2D eigenvalue weighted by Crippen LogP contribution is 2.39. The van der Waals surface area contributed by atoms with Crippen molar-refractivity contribution in [1.29, 1.82) is 0 Å². The van der Waals surface area contributed by atoms with E-state index in [-0.39, 0.29) is 6.52 Å². The summed E-state index contributed by atoms with van der Waals surface area (Å²) in [6.45, 7) is 13.7. The van der Waals surface area contributed by atoms with Crippen LogP contribution in [0.2, 0.25) is 24.2 Å². The zero-order chi connectivity index (χ0) is 11.2. The standard InChI is InChI=1S/C10H23BNSi/c1-10(2,3)13(4,5)9-8-12(11)6-7-12/h6-9H2,1-5H3/i6D/t6-,12-/m0/s1. The van der Waals surface area contributed by atoms with Gasteiger partial charge in [-0.15, -0.1) is 0 Å². The zero-order valence-electron chi connectivity index (χ0n) is 10.7. The Hall–Kier alpha value is 0.242. The molecule has 1 rings (SSSR count). The Morgan fingerprint density at radius 3 is 2.23 bits per heavy atom. The van der Waals surface area contributed by atoms with Crippen molar-refractivity contribution in [2.75, 3.05) is 19.6 Å². The van der Waals surface area contributed by atoms with Gasteiger partial charge in [-0.2, -0.15) is 0 Å².